The number of carbonyl (C=O) groups excluding carboxylic acids is 1. The van der Waals surface area contributed by atoms with Gasteiger partial charge in [0.1, 0.15) is 5.69 Å². The molecule has 116 valence electrons. The van der Waals surface area contributed by atoms with Crippen molar-refractivity contribution in [1.82, 2.24) is 9.88 Å². The standard InChI is InChI=1S/C15H23N3O3/c1-4-15(5-2)6-7-18(9-15)14(21)17-11-8-10(3)16-12(11)13(19)20/h8,16H,4-7,9H2,1-3H3,(H,17,21)(H,19,20). The second-order valence-corrected chi connectivity index (χ2v) is 5.85. The first kappa shape index (κ1) is 15.4. The van der Waals surface area contributed by atoms with Crippen molar-refractivity contribution in [3.63, 3.8) is 0 Å². The van der Waals surface area contributed by atoms with Gasteiger partial charge in [-0.25, -0.2) is 9.59 Å². The maximum Gasteiger partial charge on any atom is 0.354 e. The zero-order chi connectivity index (χ0) is 15.6. The number of aromatic carboxylic acids is 1. The van der Waals surface area contributed by atoms with Gasteiger partial charge in [-0.2, -0.15) is 0 Å². The van der Waals surface area contributed by atoms with Crippen molar-refractivity contribution in [2.75, 3.05) is 18.4 Å². The molecule has 0 aliphatic carbocycles. The minimum absolute atomic E-state index is 0.0253. The number of H-pyrrole nitrogens is 1. The second-order valence-electron chi connectivity index (χ2n) is 5.85. The van der Waals surface area contributed by atoms with Crippen LogP contribution in [0.1, 0.15) is 49.3 Å². The van der Waals surface area contributed by atoms with Gasteiger partial charge in [-0.1, -0.05) is 13.8 Å². The summed E-state index contributed by atoms with van der Waals surface area (Å²) in [6, 6.07) is 1.42. The number of hydrogen-bond donors (Lipinski definition) is 3. The number of hydrogen-bond acceptors (Lipinski definition) is 2. The summed E-state index contributed by atoms with van der Waals surface area (Å²) >= 11 is 0. The maximum atomic E-state index is 12.3. The number of aryl methyl sites for hydroxylation is 1. The Bertz CT molecular complexity index is 546. The third-order valence-electron chi connectivity index (χ3n) is 4.63. The molecular weight excluding hydrogens is 270 g/mol. The highest BCUT2D eigenvalue weighted by molar-refractivity contribution is 5.99. The van der Waals surface area contributed by atoms with Gasteiger partial charge in [-0.15, -0.1) is 0 Å². The zero-order valence-electron chi connectivity index (χ0n) is 12.8. The number of carboxylic acid groups (broad SMARTS) is 1. The van der Waals surface area contributed by atoms with Crippen LogP contribution in [0.5, 0.6) is 0 Å². The Kier molecular flexibility index (Phi) is 4.25. The number of urea groups is 1. The molecule has 1 aliphatic rings. The summed E-state index contributed by atoms with van der Waals surface area (Å²) in [7, 11) is 0. The Morgan fingerprint density at radius 1 is 1.43 bits per heavy atom. The summed E-state index contributed by atoms with van der Waals surface area (Å²) in [4.78, 5) is 28.0. The Morgan fingerprint density at radius 3 is 2.62 bits per heavy atom. The van der Waals surface area contributed by atoms with Gasteiger partial charge < -0.3 is 20.3 Å². The predicted molar refractivity (Wildman–Crippen MR) is 80.7 cm³/mol. The number of carboxylic acids is 1. The van der Waals surface area contributed by atoms with E-state index in [2.05, 4.69) is 24.1 Å². The fourth-order valence-corrected chi connectivity index (χ4v) is 2.99. The van der Waals surface area contributed by atoms with Crippen LogP contribution in [0, 0.1) is 12.3 Å². The molecule has 0 atom stereocenters. The van der Waals surface area contributed by atoms with E-state index in [0.717, 1.165) is 32.4 Å². The van der Waals surface area contributed by atoms with Gasteiger partial charge in [0.2, 0.25) is 0 Å². The van der Waals surface area contributed by atoms with E-state index in [-0.39, 0.29) is 17.1 Å². The minimum Gasteiger partial charge on any atom is -0.477 e. The molecule has 0 bridgehead atoms. The fraction of sp³-hybridized carbons (Fsp3) is 0.600. The Morgan fingerprint density at radius 2 is 2.10 bits per heavy atom. The number of likely N-dealkylation sites (tertiary alicyclic amines) is 1. The van der Waals surface area contributed by atoms with Crippen LogP contribution in [0.4, 0.5) is 10.5 Å². The Labute approximate surface area is 124 Å². The number of nitrogens with zero attached hydrogens (tertiary/aromatic N) is 1. The first-order valence-corrected chi connectivity index (χ1v) is 7.39. The highest BCUT2D eigenvalue weighted by Crippen LogP contribution is 2.37. The molecule has 6 heteroatoms. The summed E-state index contributed by atoms with van der Waals surface area (Å²) < 4.78 is 0. The van der Waals surface area contributed by atoms with Gasteiger partial charge in [0.25, 0.3) is 0 Å². The minimum atomic E-state index is -1.07. The number of aromatic amines is 1. The summed E-state index contributed by atoms with van der Waals surface area (Å²) in [5.74, 6) is -1.07. The van der Waals surface area contributed by atoms with Crippen LogP contribution >= 0.6 is 0 Å². The van der Waals surface area contributed by atoms with Crippen molar-refractivity contribution in [2.24, 2.45) is 5.41 Å². The van der Waals surface area contributed by atoms with Crippen molar-refractivity contribution >= 4 is 17.7 Å². The van der Waals surface area contributed by atoms with Gasteiger partial charge in [0.05, 0.1) is 5.69 Å². The van der Waals surface area contributed by atoms with E-state index in [1.54, 1.807) is 17.9 Å². The van der Waals surface area contributed by atoms with E-state index in [9.17, 15) is 9.59 Å². The molecule has 2 rings (SSSR count). The lowest BCUT2D eigenvalue weighted by molar-refractivity contribution is 0.0692. The van der Waals surface area contributed by atoms with Gasteiger partial charge in [0.15, 0.2) is 0 Å². The molecule has 21 heavy (non-hydrogen) atoms. The van der Waals surface area contributed by atoms with E-state index in [1.807, 2.05) is 0 Å². The van der Waals surface area contributed by atoms with Crippen LogP contribution < -0.4 is 5.32 Å². The van der Waals surface area contributed by atoms with Crippen molar-refractivity contribution < 1.29 is 14.7 Å². The van der Waals surface area contributed by atoms with Crippen LogP contribution in [0.15, 0.2) is 6.07 Å². The Hall–Kier alpha value is -1.98. The lowest BCUT2D eigenvalue weighted by Crippen LogP contribution is -2.35. The Balaban J connectivity index is 2.08. The molecule has 0 unspecified atom stereocenters. The molecule has 1 aromatic heterocycles. The molecule has 0 radical (unpaired) electrons. The lowest BCUT2D eigenvalue weighted by atomic mass is 9.82. The fourth-order valence-electron chi connectivity index (χ4n) is 2.99. The molecule has 1 aliphatic heterocycles. The average Bonchev–Trinajstić information content (AvgIpc) is 3.03. The largest absolute Gasteiger partial charge is 0.477 e. The van der Waals surface area contributed by atoms with E-state index in [4.69, 9.17) is 5.11 Å². The monoisotopic (exact) mass is 293 g/mol. The second kappa shape index (κ2) is 5.79. The van der Waals surface area contributed by atoms with Crippen LogP contribution in [0.3, 0.4) is 0 Å². The maximum absolute atomic E-state index is 12.3. The smallest absolute Gasteiger partial charge is 0.354 e. The zero-order valence-corrected chi connectivity index (χ0v) is 12.8. The molecule has 1 saturated heterocycles. The molecule has 6 nitrogen and oxygen atoms in total. The summed E-state index contributed by atoms with van der Waals surface area (Å²) in [5.41, 5.74) is 1.27. The number of rotatable bonds is 4. The van der Waals surface area contributed by atoms with E-state index >= 15 is 0 Å². The van der Waals surface area contributed by atoms with Crippen molar-refractivity contribution in [3.8, 4) is 0 Å². The summed E-state index contributed by atoms with van der Waals surface area (Å²) in [6.45, 7) is 7.53. The molecule has 0 spiro atoms. The molecule has 1 aromatic rings. The molecule has 3 N–H and O–H groups in total. The first-order valence-electron chi connectivity index (χ1n) is 7.39. The number of anilines is 1. The van der Waals surface area contributed by atoms with Crippen molar-refractivity contribution in [2.45, 2.75) is 40.0 Å². The van der Waals surface area contributed by atoms with Crippen LogP contribution in [0.2, 0.25) is 0 Å². The van der Waals surface area contributed by atoms with Gasteiger partial charge in [-0.05, 0) is 37.7 Å². The molecule has 0 aromatic carbocycles. The third kappa shape index (κ3) is 3.04. The number of carbonyl (C=O) groups is 2. The van der Waals surface area contributed by atoms with E-state index in [0.29, 0.717) is 11.4 Å². The van der Waals surface area contributed by atoms with Gasteiger partial charge in [0, 0.05) is 18.8 Å². The van der Waals surface area contributed by atoms with Crippen LogP contribution in [-0.4, -0.2) is 40.1 Å². The number of nitrogens with one attached hydrogen (secondary N) is 2. The molecule has 2 heterocycles. The lowest BCUT2D eigenvalue weighted by Gasteiger charge is -2.26. The van der Waals surface area contributed by atoms with E-state index in [1.165, 1.54) is 0 Å². The summed E-state index contributed by atoms with van der Waals surface area (Å²) in [6.07, 6.45) is 3.11. The number of amides is 2. The van der Waals surface area contributed by atoms with Gasteiger partial charge in [-0.3, -0.25) is 0 Å². The predicted octanol–water partition coefficient (Wildman–Crippen LogP) is 3.07. The average molecular weight is 293 g/mol. The van der Waals surface area contributed by atoms with E-state index < -0.39 is 5.97 Å². The van der Waals surface area contributed by atoms with Crippen molar-refractivity contribution in [3.05, 3.63) is 17.5 Å². The number of aromatic nitrogens is 1. The quantitative estimate of drug-likeness (QED) is 0.797. The highest BCUT2D eigenvalue weighted by atomic mass is 16.4. The van der Waals surface area contributed by atoms with Crippen LogP contribution in [-0.2, 0) is 0 Å². The van der Waals surface area contributed by atoms with Crippen molar-refractivity contribution in [1.29, 1.82) is 0 Å². The van der Waals surface area contributed by atoms with Gasteiger partial charge >= 0.3 is 12.0 Å². The first-order chi connectivity index (χ1) is 9.90. The molecule has 0 saturated carbocycles. The highest BCUT2D eigenvalue weighted by Gasteiger charge is 2.37. The topological polar surface area (TPSA) is 85.4 Å². The SMILES string of the molecule is CCC1(CC)CCN(C(=O)Nc2cc(C)[nH]c2C(=O)O)C1. The third-order valence-corrected chi connectivity index (χ3v) is 4.63. The molecule has 2 amide bonds. The molecule has 1 fully saturated rings. The van der Waals surface area contributed by atoms with Crippen LogP contribution in [0.25, 0.3) is 0 Å². The normalized spacial score (nSPS) is 17.0. The summed E-state index contributed by atoms with van der Waals surface area (Å²) in [5, 5.41) is 11.8. The molecular formula is C15H23N3O3.